The van der Waals surface area contributed by atoms with Crippen molar-refractivity contribution in [3.05, 3.63) is 58.5 Å². The Hall–Kier alpha value is -2.53. The number of hydrogen-bond acceptors (Lipinski definition) is 5. The fourth-order valence-electron chi connectivity index (χ4n) is 3.47. The van der Waals surface area contributed by atoms with E-state index in [1.807, 2.05) is 30.4 Å². The van der Waals surface area contributed by atoms with Gasteiger partial charge in [0.25, 0.3) is 0 Å². The van der Waals surface area contributed by atoms with Gasteiger partial charge in [-0.3, -0.25) is 0 Å². The summed E-state index contributed by atoms with van der Waals surface area (Å²) in [6.07, 6.45) is 3.22. The van der Waals surface area contributed by atoms with Gasteiger partial charge in [0.15, 0.2) is 6.61 Å². The van der Waals surface area contributed by atoms with Crippen LogP contribution in [-0.4, -0.2) is 26.8 Å². The second kappa shape index (κ2) is 9.79. The topological polar surface area (TPSA) is 44.8 Å². The summed E-state index contributed by atoms with van der Waals surface area (Å²) in [5.74, 6) is 1.79. The van der Waals surface area contributed by atoms with Crippen LogP contribution in [-0.2, 0) is 16.0 Å². The van der Waals surface area contributed by atoms with Crippen LogP contribution in [0.2, 0.25) is 0 Å². The van der Waals surface area contributed by atoms with E-state index < -0.39 is 0 Å². The molecule has 0 fully saturated rings. The summed E-state index contributed by atoms with van der Waals surface area (Å²) in [6, 6.07) is 14.8. The predicted octanol–water partition coefficient (Wildman–Crippen LogP) is 5.90. The number of esters is 1. The average Bonchev–Trinajstić information content (AvgIpc) is 3.16. The Balaban J connectivity index is 1.66. The van der Waals surface area contributed by atoms with Crippen molar-refractivity contribution in [1.29, 1.82) is 0 Å². The molecule has 0 spiro atoms. The number of benzene rings is 2. The second-order valence-corrected chi connectivity index (χ2v) is 8.28. The van der Waals surface area contributed by atoms with Crippen LogP contribution in [0.3, 0.4) is 0 Å². The largest absolute Gasteiger partial charge is 0.497 e. The third kappa shape index (κ3) is 5.30. The molecule has 0 aliphatic carbocycles. The molecule has 4 nitrogen and oxygen atoms in total. The Morgan fingerprint density at radius 2 is 1.93 bits per heavy atom. The minimum atomic E-state index is -0.375. The number of carbonyl (C=O) groups excluding carboxylic acids is 1. The lowest BCUT2D eigenvalue weighted by Crippen LogP contribution is -2.13. The molecule has 0 radical (unpaired) electrons. The first-order chi connectivity index (χ1) is 14.0. The lowest BCUT2D eigenvalue weighted by molar-refractivity contribution is -0.142. The minimum Gasteiger partial charge on any atom is -0.497 e. The monoisotopic (exact) mass is 412 g/mol. The normalized spacial score (nSPS) is 12.0. The number of fused-ring (bicyclic) bond motifs is 1. The molecule has 1 unspecified atom stereocenters. The van der Waals surface area contributed by atoms with Crippen molar-refractivity contribution in [3.63, 3.8) is 0 Å². The minimum absolute atomic E-state index is 0.0642. The van der Waals surface area contributed by atoms with Gasteiger partial charge in [0.1, 0.15) is 11.5 Å². The first-order valence-corrected chi connectivity index (χ1v) is 10.7. The zero-order chi connectivity index (χ0) is 20.8. The number of aryl methyl sites for hydroxylation is 2. The van der Waals surface area contributed by atoms with Gasteiger partial charge in [-0.05, 0) is 78.9 Å². The van der Waals surface area contributed by atoms with Crippen molar-refractivity contribution in [1.82, 2.24) is 0 Å². The van der Waals surface area contributed by atoms with Gasteiger partial charge in [0, 0.05) is 9.58 Å². The van der Waals surface area contributed by atoms with E-state index >= 15 is 0 Å². The van der Waals surface area contributed by atoms with Crippen LogP contribution in [0.15, 0.2) is 42.5 Å². The first kappa shape index (κ1) is 21.2. The number of ether oxygens (including phenoxy) is 3. The van der Waals surface area contributed by atoms with Gasteiger partial charge in [-0.2, -0.15) is 0 Å². The summed E-state index contributed by atoms with van der Waals surface area (Å²) in [6.45, 7) is 4.20. The summed E-state index contributed by atoms with van der Waals surface area (Å²) < 4.78 is 16.8. The van der Waals surface area contributed by atoms with Crippen molar-refractivity contribution < 1.29 is 19.0 Å². The molecular weight excluding hydrogens is 384 g/mol. The standard InChI is InChI=1S/C24H28O4S/c1-5-18(22-13-19-9-10-20(26-3)14-23(19)29-22)8-6-17-7-11-21(16(2)12-17)28-15-24(25)27-4/h7,9-14,18H,5-6,8,15H2,1-4H3. The zero-order valence-electron chi connectivity index (χ0n) is 17.5. The molecule has 1 aromatic heterocycles. The highest BCUT2D eigenvalue weighted by Crippen LogP contribution is 2.36. The van der Waals surface area contributed by atoms with Crippen LogP contribution in [0.25, 0.3) is 10.1 Å². The van der Waals surface area contributed by atoms with Crippen LogP contribution in [0.4, 0.5) is 0 Å². The molecule has 0 aliphatic heterocycles. The van der Waals surface area contributed by atoms with E-state index in [2.05, 4.69) is 42.0 Å². The van der Waals surface area contributed by atoms with Crippen LogP contribution < -0.4 is 9.47 Å². The molecule has 3 aromatic rings. The van der Waals surface area contributed by atoms with Crippen molar-refractivity contribution in [2.75, 3.05) is 20.8 Å². The molecule has 5 heteroatoms. The summed E-state index contributed by atoms with van der Waals surface area (Å²) >= 11 is 1.87. The van der Waals surface area contributed by atoms with Crippen molar-refractivity contribution in [3.8, 4) is 11.5 Å². The van der Waals surface area contributed by atoms with Crippen LogP contribution in [0.1, 0.15) is 41.7 Å². The number of carbonyl (C=O) groups is 1. The summed E-state index contributed by atoms with van der Waals surface area (Å²) in [4.78, 5) is 12.7. The SMILES string of the molecule is CCC(CCc1ccc(OCC(=O)OC)c(C)c1)c1cc2ccc(OC)cc2s1. The highest BCUT2D eigenvalue weighted by molar-refractivity contribution is 7.19. The average molecular weight is 413 g/mol. The molecule has 1 atom stereocenters. The van der Waals surface area contributed by atoms with E-state index in [1.165, 1.54) is 27.6 Å². The molecule has 0 N–H and O–H groups in total. The maximum Gasteiger partial charge on any atom is 0.343 e. The molecule has 1 heterocycles. The Labute approximate surface area is 176 Å². The van der Waals surface area contributed by atoms with Crippen LogP contribution >= 0.6 is 11.3 Å². The van der Waals surface area contributed by atoms with Gasteiger partial charge in [0.05, 0.1) is 14.2 Å². The van der Waals surface area contributed by atoms with Crippen molar-refractivity contribution in [2.45, 2.75) is 39.0 Å². The Morgan fingerprint density at radius 1 is 1.10 bits per heavy atom. The van der Waals surface area contributed by atoms with Crippen molar-refractivity contribution in [2.24, 2.45) is 0 Å². The second-order valence-electron chi connectivity index (χ2n) is 7.16. The highest BCUT2D eigenvalue weighted by atomic mass is 32.1. The van der Waals surface area contributed by atoms with Gasteiger partial charge in [-0.15, -0.1) is 11.3 Å². The smallest absolute Gasteiger partial charge is 0.343 e. The van der Waals surface area contributed by atoms with Gasteiger partial charge in [-0.1, -0.05) is 19.1 Å². The molecule has 0 amide bonds. The van der Waals surface area contributed by atoms with Gasteiger partial charge in [0.2, 0.25) is 0 Å². The fourth-order valence-corrected chi connectivity index (χ4v) is 4.78. The van der Waals surface area contributed by atoms with E-state index in [1.54, 1.807) is 7.11 Å². The van der Waals surface area contributed by atoms with E-state index in [0.29, 0.717) is 5.92 Å². The molecule has 0 aliphatic rings. The third-order valence-corrected chi connectivity index (χ3v) is 6.50. The van der Waals surface area contributed by atoms with E-state index in [-0.39, 0.29) is 12.6 Å². The van der Waals surface area contributed by atoms with Gasteiger partial charge >= 0.3 is 5.97 Å². The molecule has 0 bridgehead atoms. The zero-order valence-corrected chi connectivity index (χ0v) is 18.3. The maximum absolute atomic E-state index is 11.3. The number of hydrogen-bond donors (Lipinski definition) is 0. The highest BCUT2D eigenvalue weighted by Gasteiger charge is 2.14. The predicted molar refractivity (Wildman–Crippen MR) is 118 cm³/mol. The van der Waals surface area contributed by atoms with Crippen molar-refractivity contribution >= 4 is 27.4 Å². The molecule has 154 valence electrons. The Bertz CT molecular complexity index is 976. The van der Waals surface area contributed by atoms with Crippen LogP contribution in [0.5, 0.6) is 11.5 Å². The Kier molecular flexibility index (Phi) is 7.15. The summed E-state index contributed by atoms with van der Waals surface area (Å²) in [5.41, 5.74) is 2.32. The first-order valence-electron chi connectivity index (χ1n) is 9.90. The summed E-state index contributed by atoms with van der Waals surface area (Å²) in [7, 11) is 3.07. The molecule has 3 rings (SSSR count). The number of methoxy groups -OCH3 is 2. The van der Waals surface area contributed by atoms with E-state index in [4.69, 9.17) is 9.47 Å². The third-order valence-electron chi connectivity index (χ3n) is 5.24. The molecule has 0 saturated heterocycles. The molecule has 2 aromatic carbocycles. The maximum atomic E-state index is 11.3. The Morgan fingerprint density at radius 3 is 2.62 bits per heavy atom. The van der Waals surface area contributed by atoms with Gasteiger partial charge < -0.3 is 14.2 Å². The van der Waals surface area contributed by atoms with Crippen LogP contribution in [0, 0.1) is 6.92 Å². The van der Waals surface area contributed by atoms with E-state index in [9.17, 15) is 4.79 Å². The quantitative estimate of drug-likeness (QED) is 0.411. The lowest BCUT2D eigenvalue weighted by atomic mass is 9.95. The number of thiophene rings is 1. The molecule has 0 saturated carbocycles. The van der Waals surface area contributed by atoms with Gasteiger partial charge in [-0.25, -0.2) is 4.79 Å². The van der Waals surface area contributed by atoms with E-state index in [0.717, 1.165) is 36.3 Å². The number of rotatable bonds is 9. The lowest BCUT2D eigenvalue weighted by Gasteiger charge is -2.14. The fraction of sp³-hybridized carbons (Fsp3) is 0.375. The molecule has 29 heavy (non-hydrogen) atoms. The summed E-state index contributed by atoms with van der Waals surface area (Å²) in [5, 5.41) is 1.28. The molecular formula is C24H28O4S.